The first kappa shape index (κ1) is 52.4. The minimum Gasteiger partial charge on any atom is -0.462 e. The molecule has 0 N–H and O–H groups in total. The van der Waals surface area contributed by atoms with Crippen molar-refractivity contribution in [3.8, 4) is 0 Å². The fourth-order valence-corrected chi connectivity index (χ4v) is 7.21. The minimum atomic E-state index is -0.757. The van der Waals surface area contributed by atoms with Gasteiger partial charge in [0, 0.05) is 19.3 Å². The topological polar surface area (TPSA) is 78.9 Å². The molecule has 0 aromatic heterocycles. The quantitative estimate of drug-likeness (QED) is 0.0349. The van der Waals surface area contributed by atoms with Gasteiger partial charge in [-0.25, -0.2) is 0 Å². The normalized spacial score (nSPS) is 11.8. The first-order valence-electron chi connectivity index (χ1n) is 24.0. The Morgan fingerprint density at radius 2 is 0.500 bits per heavy atom. The zero-order chi connectivity index (χ0) is 39.4. The Bertz CT molecular complexity index is 798. The molecule has 320 valence electrons. The summed E-state index contributed by atoms with van der Waals surface area (Å²) in [5.41, 5.74) is 0. The van der Waals surface area contributed by atoms with E-state index in [4.69, 9.17) is 14.2 Å². The van der Waals surface area contributed by atoms with Crippen molar-refractivity contribution in [1.29, 1.82) is 0 Å². The molecule has 0 aliphatic carbocycles. The summed E-state index contributed by atoms with van der Waals surface area (Å²) in [7, 11) is 0. The Hall–Kier alpha value is -1.59. The molecule has 54 heavy (non-hydrogen) atoms. The van der Waals surface area contributed by atoms with Gasteiger partial charge in [0.05, 0.1) is 0 Å². The summed E-state index contributed by atoms with van der Waals surface area (Å²) in [6.07, 6.45) is 45.4. The SMILES string of the molecule is CCCCCCCCCCCCCCCCCCC(=O)OC[C@H](COC(=O)CCCCCCC)OC(=O)CCCCCCCCCCCCCCCCC. The highest BCUT2D eigenvalue weighted by Gasteiger charge is 2.19. The predicted octanol–water partition coefficient (Wildman–Crippen LogP) is 15.3. The second-order valence-electron chi connectivity index (χ2n) is 16.4. The van der Waals surface area contributed by atoms with Gasteiger partial charge >= 0.3 is 17.9 Å². The molecule has 0 saturated heterocycles. The number of hydrogen-bond acceptors (Lipinski definition) is 6. The van der Waals surface area contributed by atoms with Gasteiger partial charge in [-0.3, -0.25) is 14.4 Å². The standard InChI is InChI=1S/C48H92O6/c1-4-7-10-13-15-17-19-21-23-25-26-28-30-32-35-38-41-47(50)53-44-45(43-52-46(49)40-37-34-12-9-6-3)54-48(51)42-39-36-33-31-29-27-24-22-20-18-16-14-11-8-5-2/h45H,4-44H2,1-3H3/t45-/m0/s1. The van der Waals surface area contributed by atoms with Crippen molar-refractivity contribution in [1.82, 2.24) is 0 Å². The van der Waals surface area contributed by atoms with E-state index in [9.17, 15) is 14.4 Å². The Kier molecular flexibility index (Phi) is 42.8. The summed E-state index contributed by atoms with van der Waals surface area (Å²) in [6, 6.07) is 0. The van der Waals surface area contributed by atoms with E-state index in [1.165, 1.54) is 167 Å². The lowest BCUT2D eigenvalue weighted by molar-refractivity contribution is -0.167. The first-order chi connectivity index (χ1) is 26.5. The molecule has 0 heterocycles. The van der Waals surface area contributed by atoms with Crippen molar-refractivity contribution in [2.45, 2.75) is 277 Å². The van der Waals surface area contributed by atoms with Crippen LogP contribution in [-0.2, 0) is 28.6 Å². The Morgan fingerprint density at radius 1 is 0.296 bits per heavy atom. The molecule has 6 heteroatoms. The molecule has 0 rings (SSSR count). The summed E-state index contributed by atoms with van der Waals surface area (Å²) in [4.78, 5) is 37.5. The largest absolute Gasteiger partial charge is 0.462 e. The Morgan fingerprint density at radius 3 is 0.741 bits per heavy atom. The molecule has 0 unspecified atom stereocenters. The molecule has 0 aliphatic rings. The number of esters is 3. The van der Waals surface area contributed by atoms with Crippen LogP contribution >= 0.6 is 0 Å². The number of rotatable bonds is 44. The molecule has 0 saturated carbocycles. The molecular formula is C48H92O6. The first-order valence-corrected chi connectivity index (χ1v) is 24.0. The van der Waals surface area contributed by atoms with E-state index >= 15 is 0 Å². The predicted molar refractivity (Wildman–Crippen MR) is 229 cm³/mol. The van der Waals surface area contributed by atoms with Gasteiger partial charge in [0.1, 0.15) is 13.2 Å². The summed E-state index contributed by atoms with van der Waals surface area (Å²) < 4.78 is 16.6. The molecule has 0 spiro atoms. The highest BCUT2D eigenvalue weighted by atomic mass is 16.6. The van der Waals surface area contributed by atoms with Gasteiger partial charge in [-0.15, -0.1) is 0 Å². The molecule has 0 amide bonds. The fourth-order valence-electron chi connectivity index (χ4n) is 7.21. The average molecular weight is 765 g/mol. The highest BCUT2D eigenvalue weighted by molar-refractivity contribution is 5.71. The van der Waals surface area contributed by atoms with Gasteiger partial charge < -0.3 is 14.2 Å². The summed E-state index contributed by atoms with van der Waals surface area (Å²) in [5.74, 6) is -0.861. The number of ether oxygens (including phenoxy) is 3. The summed E-state index contributed by atoms with van der Waals surface area (Å²) in [5, 5.41) is 0. The van der Waals surface area contributed by atoms with Crippen LogP contribution < -0.4 is 0 Å². The molecule has 0 aliphatic heterocycles. The van der Waals surface area contributed by atoms with Crippen molar-refractivity contribution in [3.05, 3.63) is 0 Å². The maximum absolute atomic E-state index is 12.7. The van der Waals surface area contributed by atoms with Gasteiger partial charge in [0.2, 0.25) is 0 Å². The van der Waals surface area contributed by atoms with E-state index in [1.807, 2.05) is 0 Å². The number of carbonyl (C=O) groups excluding carboxylic acids is 3. The fraction of sp³-hybridized carbons (Fsp3) is 0.938. The van der Waals surface area contributed by atoms with Crippen LogP contribution in [0.5, 0.6) is 0 Å². The lowest BCUT2D eigenvalue weighted by Crippen LogP contribution is -2.30. The van der Waals surface area contributed by atoms with Crippen molar-refractivity contribution >= 4 is 17.9 Å². The monoisotopic (exact) mass is 765 g/mol. The molecule has 0 fully saturated rings. The lowest BCUT2D eigenvalue weighted by atomic mass is 10.0. The van der Waals surface area contributed by atoms with Crippen molar-refractivity contribution in [2.24, 2.45) is 0 Å². The molecule has 0 bridgehead atoms. The van der Waals surface area contributed by atoms with E-state index in [-0.39, 0.29) is 31.1 Å². The van der Waals surface area contributed by atoms with Crippen molar-refractivity contribution in [2.75, 3.05) is 13.2 Å². The van der Waals surface area contributed by atoms with Crippen LogP contribution in [0.2, 0.25) is 0 Å². The zero-order valence-electron chi connectivity index (χ0n) is 36.5. The molecule has 0 aromatic carbocycles. The highest BCUT2D eigenvalue weighted by Crippen LogP contribution is 2.16. The zero-order valence-corrected chi connectivity index (χ0v) is 36.5. The number of hydrogen-bond donors (Lipinski definition) is 0. The Labute approximate surface area is 336 Å². The molecular weight excluding hydrogens is 673 g/mol. The Balaban J connectivity index is 4.14. The van der Waals surface area contributed by atoms with Crippen LogP contribution in [0.4, 0.5) is 0 Å². The van der Waals surface area contributed by atoms with Crippen LogP contribution in [0, 0.1) is 0 Å². The van der Waals surface area contributed by atoms with Crippen LogP contribution in [0.1, 0.15) is 271 Å². The van der Waals surface area contributed by atoms with Crippen molar-refractivity contribution < 1.29 is 28.6 Å². The third-order valence-corrected chi connectivity index (χ3v) is 10.9. The van der Waals surface area contributed by atoms with Crippen molar-refractivity contribution in [3.63, 3.8) is 0 Å². The van der Waals surface area contributed by atoms with Gasteiger partial charge in [-0.2, -0.15) is 0 Å². The van der Waals surface area contributed by atoms with E-state index in [0.717, 1.165) is 64.2 Å². The van der Waals surface area contributed by atoms with Gasteiger partial charge in [0.15, 0.2) is 6.10 Å². The number of unbranched alkanes of at least 4 members (excludes halogenated alkanes) is 33. The van der Waals surface area contributed by atoms with E-state index in [2.05, 4.69) is 20.8 Å². The summed E-state index contributed by atoms with van der Waals surface area (Å²) in [6.45, 7) is 6.59. The van der Waals surface area contributed by atoms with E-state index < -0.39 is 6.10 Å². The van der Waals surface area contributed by atoms with Gasteiger partial charge in [-0.1, -0.05) is 233 Å². The van der Waals surface area contributed by atoms with Gasteiger partial charge in [-0.05, 0) is 19.3 Å². The van der Waals surface area contributed by atoms with E-state index in [0.29, 0.717) is 19.3 Å². The van der Waals surface area contributed by atoms with Crippen LogP contribution in [0.3, 0.4) is 0 Å². The maximum atomic E-state index is 12.7. The molecule has 1 atom stereocenters. The smallest absolute Gasteiger partial charge is 0.306 e. The third kappa shape index (κ3) is 41.6. The molecule has 0 radical (unpaired) electrons. The molecule has 6 nitrogen and oxygen atoms in total. The third-order valence-electron chi connectivity index (χ3n) is 10.9. The number of carbonyl (C=O) groups is 3. The molecule has 0 aromatic rings. The second-order valence-corrected chi connectivity index (χ2v) is 16.4. The van der Waals surface area contributed by atoms with Gasteiger partial charge in [0.25, 0.3) is 0 Å². The van der Waals surface area contributed by atoms with Crippen LogP contribution in [0.25, 0.3) is 0 Å². The average Bonchev–Trinajstić information content (AvgIpc) is 3.17. The van der Waals surface area contributed by atoms with Crippen LogP contribution in [-0.4, -0.2) is 37.2 Å². The van der Waals surface area contributed by atoms with E-state index in [1.54, 1.807) is 0 Å². The summed E-state index contributed by atoms with van der Waals surface area (Å²) >= 11 is 0. The lowest BCUT2D eigenvalue weighted by Gasteiger charge is -2.18. The minimum absolute atomic E-state index is 0.0634. The maximum Gasteiger partial charge on any atom is 0.306 e. The second kappa shape index (κ2) is 44.1. The van der Waals surface area contributed by atoms with Crippen LogP contribution in [0.15, 0.2) is 0 Å².